The Hall–Kier alpha value is 17.4. The van der Waals surface area contributed by atoms with Crippen LogP contribution in [0.2, 0.25) is 0 Å². The van der Waals surface area contributed by atoms with Gasteiger partial charge in [-0.3, -0.25) is 9.59 Å². The molecule has 0 radical (unpaired) electrons. The lowest BCUT2D eigenvalue weighted by molar-refractivity contribution is -0.123. The highest BCUT2D eigenvalue weighted by atomic mass is 33.6. The van der Waals surface area contributed by atoms with Gasteiger partial charge in [-0.2, -0.15) is 0 Å². The average Bonchev–Trinajstić information content (AvgIpc) is 0.854. The molecular weight excluding hydrogens is 3000 g/mol. The largest absolute Gasteiger partial charge is 0.325 e. The van der Waals surface area contributed by atoms with Crippen molar-refractivity contribution in [2.75, 3.05) is 5.32 Å². The van der Waals surface area contributed by atoms with E-state index in [9.17, 15) is 14.0 Å². The van der Waals surface area contributed by atoms with Crippen molar-refractivity contribution in [1.29, 1.82) is 0 Å². The summed E-state index contributed by atoms with van der Waals surface area (Å²) in [6, 6.07) is 3.67. The molecule has 103 heavy (non-hydrogen) atoms. The van der Waals surface area contributed by atoms with Gasteiger partial charge in [-0.05, 0) is 18.2 Å². The minimum Gasteiger partial charge on any atom is -0.325 e. The van der Waals surface area contributed by atoms with E-state index >= 15 is 0 Å². The molecule has 0 saturated carbocycles. The van der Waals surface area contributed by atoms with Crippen LogP contribution < -0.4 is 5.32 Å². The third-order valence-corrected chi connectivity index (χ3v) is 191. The number of nitrogens with one attached hydrogen (secondary N) is 1. The van der Waals surface area contributed by atoms with Gasteiger partial charge in [0.2, 0.25) is 5.91 Å². The SMILES string of the molecule is CC(C)(C)C(=O)Nc1ccc(F)cc1C=O.S=S=S=S=S=S=S=S=S=S=S=S=S=S=S=S=S=S=S=S=S=S=S=S=S=S=S=S=S=S=S=S=S=S=S=S=S=S=S=S=S=S=S=S=S=S=S=S=S=S=S=S=S=S=S=S=S=S=S=S=S=S=S=S=S=S=S=S=S=S=S=S=S=S=S=S=S=S=S=S=S=S=S=S=S=S=S. The molecule has 0 unspecified atom stereocenters. The van der Waals surface area contributed by atoms with Crippen LogP contribution in [0.1, 0.15) is 31.1 Å². The zero-order valence-corrected chi connectivity index (χ0v) is 116. The molecule has 91 heteroatoms. The molecule has 0 heterocycles. The van der Waals surface area contributed by atoms with Crippen LogP contribution in [0.3, 0.4) is 0 Å². The van der Waals surface area contributed by atoms with Gasteiger partial charge in [0.05, 0.1) is 5.69 Å². The first-order valence-corrected chi connectivity index (χ1v) is 134. The second-order valence-electron chi connectivity index (χ2n) is 10.3. The second kappa shape index (κ2) is 106. The first-order chi connectivity index (χ1) is 50.8. The number of hydrogen-bond acceptors (Lipinski definition) is 4. The van der Waals surface area contributed by atoms with Gasteiger partial charge in [0.25, 0.3) is 0 Å². The molecule has 0 saturated heterocycles. The Morgan fingerprint density at radius 1 is 0.262 bits per heavy atom. The van der Waals surface area contributed by atoms with Crippen molar-refractivity contribution in [2.24, 2.45) is 5.41 Å². The Morgan fingerprint density at radius 2 is 0.388 bits per heavy atom. The highest BCUT2D eigenvalue weighted by molar-refractivity contribution is 8.86. The van der Waals surface area contributed by atoms with Crippen LogP contribution in [0.5, 0.6) is 0 Å². The molecule has 3 nitrogen and oxygen atoms in total. The molecule has 0 aromatic heterocycles. The van der Waals surface area contributed by atoms with Crippen molar-refractivity contribution in [2.45, 2.75) is 20.8 Å². The van der Waals surface area contributed by atoms with Gasteiger partial charge >= 0.3 is 0 Å². The van der Waals surface area contributed by atoms with E-state index < -0.39 is 11.2 Å². The van der Waals surface area contributed by atoms with E-state index in [0.717, 1.165) is 6.07 Å². The molecule has 0 fully saturated rings. The van der Waals surface area contributed by atoms with Crippen molar-refractivity contribution >= 4 is 795 Å². The van der Waals surface area contributed by atoms with Gasteiger partial charge in [0.1, 0.15) is 5.82 Å². The Bertz CT molecular complexity index is 7220. The summed E-state index contributed by atoms with van der Waals surface area (Å²) in [6.07, 6.45) is 0.515. The van der Waals surface area contributed by atoms with Gasteiger partial charge in [0.15, 0.2) is 6.29 Å². The molecular formula is C12H14FNO2S87. The molecule has 1 N–H and O–H groups in total. The molecule has 1 aromatic rings. The lowest BCUT2D eigenvalue weighted by Gasteiger charge is -2.18. The van der Waals surface area contributed by atoms with Gasteiger partial charge in [-0.25, -0.2) is 4.39 Å². The number of amides is 1. The maximum absolute atomic E-state index is 12.8. The minimum absolute atomic E-state index is 0.137. The van der Waals surface area contributed by atoms with Crippen LogP contribution >= 0.6 is 0 Å². The molecule has 0 aliphatic carbocycles. The summed E-state index contributed by atoms with van der Waals surface area (Å²) in [5.74, 6) is -0.724. The van der Waals surface area contributed by atoms with Crippen molar-refractivity contribution < 1.29 is 14.0 Å². The van der Waals surface area contributed by atoms with Crippen molar-refractivity contribution in [3.8, 4) is 0 Å². The zero-order valence-electron chi connectivity index (χ0n) is 45.0. The topological polar surface area (TPSA) is 46.2 Å². The molecule has 0 aliphatic heterocycles. The quantitative estimate of drug-likeness (QED) is 0.464. The average molecular weight is 3010 g/mol. The number of anilines is 1. The first-order valence-electron chi connectivity index (χ1n) is 19.2. The van der Waals surface area contributed by atoms with Crippen LogP contribution in [0, 0.1) is 11.2 Å². The monoisotopic (exact) mass is 3000 g/mol. The van der Waals surface area contributed by atoms with Crippen LogP contribution in [-0.2, 0) is 782 Å². The fourth-order valence-corrected chi connectivity index (χ4v) is 230. The van der Waals surface area contributed by atoms with Gasteiger partial charge in [0, 0.05) is 788 Å². The van der Waals surface area contributed by atoms with Gasteiger partial charge in [-0.1, -0.05) is 20.8 Å². The third-order valence-electron chi connectivity index (χ3n) is 4.40. The van der Waals surface area contributed by atoms with E-state index in [1.54, 1.807) is 127 Å². The Morgan fingerprint density at radius 3 is 0.495 bits per heavy atom. The maximum atomic E-state index is 12.8. The van der Waals surface area contributed by atoms with Crippen LogP contribution in [0.15, 0.2) is 18.2 Å². The van der Waals surface area contributed by atoms with Crippen molar-refractivity contribution in [1.82, 2.24) is 0 Å². The standard InChI is InChI=1S/C12H14FNO2.S87/c1-12(2,3)11(16)14-10-5-4-9(13)6-8(10)7-15;1-3-5-7-9-11-13-15-17-19-21-23-25-27-29-31-33-35-37-39-41-43-45-47-49-51-53-55-57-59-61-63-65-67-69-71-73-75-77-79-81-83-85-87-86-84-82-80-78-76-74-72-70-68-66-64-62-60-58-56-54-52-50-48-46-44-42-40-38-36-34-32-30-28-26-24-22-20-18-16-14-12-10-8-6-4-2/h4-7H,1-3H3,(H,14,16);. The lowest BCUT2D eigenvalue weighted by atomic mass is 9.95. The number of carbonyl (C=O) groups is 2. The van der Waals surface area contributed by atoms with Crippen molar-refractivity contribution in [3.05, 3.63) is 29.6 Å². The molecule has 0 aliphatic rings. The van der Waals surface area contributed by atoms with E-state index in [1.165, 1.54) is 29.9 Å². The van der Waals surface area contributed by atoms with Gasteiger partial charge in [-0.15, -0.1) is 0 Å². The predicted octanol–water partition coefficient (Wildman–Crippen LogP) is 2.41. The number of aldehydes is 1. The highest BCUT2D eigenvalue weighted by Gasteiger charge is 2.22. The summed E-state index contributed by atoms with van der Waals surface area (Å²) in [6.45, 7) is 5.27. The molecule has 608 valence electrons. The summed E-state index contributed by atoms with van der Waals surface area (Å²) in [5.41, 5.74) is -0.0944. The highest BCUT2D eigenvalue weighted by Crippen LogP contribution is 2.20. The second-order valence-corrected chi connectivity index (χ2v) is 161. The number of benzene rings is 1. The van der Waals surface area contributed by atoms with E-state index in [-0.39, 0.29) is 11.5 Å². The summed E-state index contributed by atoms with van der Waals surface area (Å²) in [4.78, 5) is 22.4. The number of carbonyl (C=O) groups excluding carboxylic acids is 2. The molecule has 0 atom stereocenters. The molecule has 0 spiro atoms. The van der Waals surface area contributed by atoms with E-state index in [2.05, 4.69) is 5.32 Å². The Balaban J connectivity index is 0.00000567. The normalized spacial score (nSPS) is 8.35. The molecule has 1 rings (SSSR count). The van der Waals surface area contributed by atoms with Crippen molar-refractivity contribution in [3.63, 3.8) is 0 Å². The summed E-state index contributed by atoms with van der Waals surface area (Å²) in [5, 5.41) is 2.59. The first kappa shape index (κ1) is 120. The number of hydrogen-bond donors (Lipinski definition) is 1. The minimum atomic E-state index is -0.561. The fourth-order valence-electron chi connectivity index (χ4n) is 2.00. The number of rotatable bonds is 2. The summed E-state index contributed by atoms with van der Waals surface area (Å²) >= 11 is 9.66. The smallest absolute Gasteiger partial charge is 0.229 e. The maximum Gasteiger partial charge on any atom is 0.229 e. The van der Waals surface area contributed by atoms with E-state index in [0.29, 0.717) is 12.0 Å². The molecule has 1 amide bonds. The molecule has 0 bridgehead atoms. The van der Waals surface area contributed by atoms with Crippen LogP contribution in [0.25, 0.3) is 0 Å². The zero-order chi connectivity index (χ0) is 74.4. The van der Waals surface area contributed by atoms with Gasteiger partial charge < -0.3 is 5.32 Å². The van der Waals surface area contributed by atoms with E-state index in [4.69, 9.17) is 22.4 Å². The van der Waals surface area contributed by atoms with Crippen LogP contribution in [-0.4, -0.2) is 12.2 Å². The number of halogens is 1. The summed E-state index contributed by atoms with van der Waals surface area (Å²) < 4.78 is 12.8. The third kappa shape index (κ3) is 103. The predicted molar refractivity (Wildman–Crippen MR) is 701 cm³/mol. The molecule has 1 aromatic carbocycles. The Labute approximate surface area is 845 Å². The Kier molecular flexibility index (Phi) is 124. The summed E-state index contributed by atoms with van der Waals surface area (Å²) in [7, 11) is 154. The fraction of sp³-hybridized carbons (Fsp3) is 0.333. The van der Waals surface area contributed by atoms with Crippen LogP contribution in [0.4, 0.5) is 10.1 Å². The lowest BCUT2D eigenvalue weighted by Crippen LogP contribution is -2.28. The van der Waals surface area contributed by atoms with E-state index in [1.807, 2.05) is 631 Å².